The summed E-state index contributed by atoms with van der Waals surface area (Å²) in [6.07, 6.45) is 3.54. The molecule has 4 fully saturated rings. The second kappa shape index (κ2) is 14.7. The summed E-state index contributed by atoms with van der Waals surface area (Å²) in [5, 5.41) is 9.23. The molecule has 4 aliphatic rings. The quantitative estimate of drug-likeness (QED) is 0.435. The Labute approximate surface area is 292 Å². The van der Waals surface area contributed by atoms with Crippen molar-refractivity contribution in [3.05, 3.63) is 58.9 Å². The third-order valence-electron chi connectivity index (χ3n) is 10.0. The maximum Gasteiger partial charge on any atom is 0.410 e. The van der Waals surface area contributed by atoms with Crippen LogP contribution in [0.25, 0.3) is 0 Å². The van der Waals surface area contributed by atoms with Crippen LogP contribution in [-0.4, -0.2) is 126 Å². The van der Waals surface area contributed by atoms with Crippen molar-refractivity contribution in [3.63, 3.8) is 0 Å². The van der Waals surface area contributed by atoms with Gasteiger partial charge in [0.15, 0.2) is 0 Å². The normalized spacial score (nSPS) is 20.3. The number of halogens is 1. The van der Waals surface area contributed by atoms with Crippen molar-refractivity contribution < 1.29 is 38.1 Å². The van der Waals surface area contributed by atoms with Gasteiger partial charge in [-0.15, -0.1) is 0 Å². The molecule has 270 valence electrons. The number of ether oxygens (including phenoxy) is 2. The van der Waals surface area contributed by atoms with E-state index in [1.165, 1.54) is 17.0 Å². The molecule has 3 heterocycles. The first-order valence-corrected chi connectivity index (χ1v) is 17.7. The summed E-state index contributed by atoms with van der Waals surface area (Å²) in [4.78, 5) is 59.4. The summed E-state index contributed by atoms with van der Waals surface area (Å²) in [7, 11) is 0. The van der Waals surface area contributed by atoms with Gasteiger partial charge in [-0.3, -0.25) is 9.59 Å². The Bertz CT molecular complexity index is 1590. The standard InChI is InChI=1S/C37H48FN5O7/c1-37(2,3)50-36(48)43-11-10-30(24-43)49-32-9-8-26(22-31(32)25-6-4-5-7-25)33(44)40-14-16-41(17-15-40)34(45)27-20-28(38)23-29(21-27)39-12-18-42(19-13-39)35(46)47/h8-9,20-23,25,30H,4-7,10-19,24H2,1-3H3,(H,46,47). The van der Waals surface area contributed by atoms with Gasteiger partial charge in [-0.2, -0.15) is 0 Å². The summed E-state index contributed by atoms with van der Waals surface area (Å²) in [5.41, 5.74) is 1.83. The number of piperazine rings is 2. The van der Waals surface area contributed by atoms with E-state index in [1.807, 2.05) is 37.8 Å². The van der Waals surface area contributed by atoms with Crippen molar-refractivity contribution in [2.24, 2.45) is 0 Å². The Kier molecular flexibility index (Phi) is 10.4. The van der Waals surface area contributed by atoms with Crippen LogP contribution in [0.3, 0.4) is 0 Å². The molecular formula is C37H48FN5O7. The number of hydrogen-bond donors (Lipinski definition) is 1. The highest BCUT2D eigenvalue weighted by Crippen LogP contribution is 2.40. The van der Waals surface area contributed by atoms with Crippen LogP contribution in [0.15, 0.2) is 36.4 Å². The van der Waals surface area contributed by atoms with Gasteiger partial charge in [0.2, 0.25) is 0 Å². The molecule has 0 aromatic heterocycles. The molecule has 3 aliphatic heterocycles. The summed E-state index contributed by atoms with van der Waals surface area (Å²) in [6, 6.07) is 9.92. The van der Waals surface area contributed by atoms with Crippen LogP contribution in [0.1, 0.15) is 85.1 Å². The molecule has 12 nitrogen and oxygen atoms in total. The highest BCUT2D eigenvalue weighted by Gasteiger charge is 2.33. The average molecular weight is 694 g/mol. The number of rotatable bonds is 6. The smallest absolute Gasteiger partial charge is 0.410 e. The topological polar surface area (TPSA) is 123 Å². The second-order valence-corrected chi connectivity index (χ2v) is 14.7. The van der Waals surface area contributed by atoms with Crippen molar-refractivity contribution in [1.29, 1.82) is 0 Å². The van der Waals surface area contributed by atoms with Crippen molar-refractivity contribution in [1.82, 2.24) is 19.6 Å². The molecule has 13 heteroatoms. The number of hydrogen-bond acceptors (Lipinski definition) is 7. The zero-order valence-corrected chi connectivity index (χ0v) is 29.2. The zero-order chi connectivity index (χ0) is 35.6. The van der Waals surface area contributed by atoms with Gasteiger partial charge in [0.25, 0.3) is 11.8 Å². The van der Waals surface area contributed by atoms with Crippen LogP contribution in [-0.2, 0) is 4.74 Å². The third-order valence-corrected chi connectivity index (χ3v) is 10.0. The molecule has 1 N–H and O–H groups in total. The van der Waals surface area contributed by atoms with Crippen molar-refractivity contribution in [3.8, 4) is 5.75 Å². The molecule has 4 amide bonds. The van der Waals surface area contributed by atoms with Gasteiger partial charge in [0.05, 0.1) is 6.54 Å². The molecule has 0 spiro atoms. The molecule has 2 aromatic rings. The van der Waals surface area contributed by atoms with Gasteiger partial charge in [-0.05, 0) is 81.5 Å². The lowest BCUT2D eigenvalue weighted by atomic mass is 9.94. The van der Waals surface area contributed by atoms with Gasteiger partial charge in [0, 0.05) is 82.1 Å². The number of anilines is 1. The monoisotopic (exact) mass is 693 g/mol. The lowest BCUT2D eigenvalue weighted by Crippen LogP contribution is -2.50. The fourth-order valence-corrected chi connectivity index (χ4v) is 7.35. The van der Waals surface area contributed by atoms with Crippen molar-refractivity contribution in [2.45, 2.75) is 70.5 Å². The zero-order valence-electron chi connectivity index (χ0n) is 29.2. The van der Waals surface area contributed by atoms with Gasteiger partial charge < -0.3 is 39.1 Å². The van der Waals surface area contributed by atoms with Crippen LogP contribution >= 0.6 is 0 Å². The highest BCUT2D eigenvalue weighted by molar-refractivity contribution is 5.97. The molecule has 0 bridgehead atoms. The molecular weight excluding hydrogens is 645 g/mol. The SMILES string of the molecule is CC(C)(C)OC(=O)N1CCC(Oc2ccc(C(=O)N3CCN(C(=O)c4cc(F)cc(N5CCN(C(=O)O)CC5)c4)CC3)cc2C2CCCC2)C1. The number of carboxylic acid groups (broad SMARTS) is 1. The molecule has 1 unspecified atom stereocenters. The van der Waals surface area contributed by atoms with Crippen LogP contribution in [0.5, 0.6) is 5.75 Å². The van der Waals surface area contributed by atoms with E-state index in [2.05, 4.69) is 0 Å². The minimum Gasteiger partial charge on any atom is -0.488 e. The molecule has 1 atom stereocenters. The lowest BCUT2D eigenvalue weighted by molar-refractivity contribution is 0.0275. The number of amides is 4. The van der Waals surface area contributed by atoms with Crippen LogP contribution in [0.4, 0.5) is 19.7 Å². The molecule has 3 saturated heterocycles. The summed E-state index contributed by atoms with van der Waals surface area (Å²) in [5.74, 6) is 0.127. The predicted octanol–water partition coefficient (Wildman–Crippen LogP) is 5.27. The van der Waals surface area contributed by atoms with Gasteiger partial charge in [0.1, 0.15) is 23.3 Å². The van der Waals surface area contributed by atoms with E-state index < -0.39 is 17.5 Å². The summed E-state index contributed by atoms with van der Waals surface area (Å²) in [6.45, 7) is 9.34. The van der Waals surface area contributed by atoms with E-state index in [-0.39, 0.29) is 29.6 Å². The molecule has 6 rings (SSSR count). The number of benzene rings is 2. The van der Waals surface area contributed by atoms with Gasteiger partial charge in [-0.25, -0.2) is 14.0 Å². The Balaban J connectivity index is 1.08. The van der Waals surface area contributed by atoms with E-state index in [1.54, 1.807) is 26.8 Å². The Morgan fingerprint density at radius 3 is 1.98 bits per heavy atom. The molecule has 0 radical (unpaired) electrons. The molecule has 1 saturated carbocycles. The number of likely N-dealkylation sites (tertiary alicyclic amines) is 1. The van der Waals surface area contributed by atoms with E-state index in [0.29, 0.717) is 89.0 Å². The minimum absolute atomic E-state index is 0.103. The van der Waals surface area contributed by atoms with Crippen molar-refractivity contribution >= 4 is 29.7 Å². The first-order valence-electron chi connectivity index (χ1n) is 17.7. The second-order valence-electron chi connectivity index (χ2n) is 14.7. The van der Waals surface area contributed by atoms with E-state index >= 15 is 0 Å². The minimum atomic E-state index is -0.980. The molecule has 50 heavy (non-hydrogen) atoms. The fraction of sp³-hybridized carbons (Fsp3) is 0.568. The third kappa shape index (κ3) is 8.24. The Morgan fingerprint density at radius 1 is 0.740 bits per heavy atom. The average Bonchev–Trinajstić information content (AvgIpc) is 3.80. The Hall–Kier alpha value is -4.55. The van der Waals surface area contributed by atoms with Crippen LogP contribution in [0.2, 0.25) is 0 Å². The molecule has 2 aromatic carbocycles. The van der Waals surface area contributed by atoms with Crippen molar-refractivity contribution in [2.75, 3.05) is 70.3 Å². The number of nitrogens with zero attached hydrogens (tertiary/aromatic N) is 5. The Morgan fingerprint density at radius 2 is 1.36 bits per heavy atom. The maximum absolute atomic E-state index is 14.7. The van der Waals surface area contributed by atoms with E-state index in [4.69, 9.17) is 9.47 Å². The van der Waals surface area contributed by atoms with Crippen LogP contribution in [0, 0.1) is 5.82 Å². The summed E-state index contributed by atoms with van der Waals surface area (Å²) < 4.78 is 26.7. The lowest BCUT2D eigenvalue weighted by Gasteiger charge is -2.36. The predicted molar refractivity (Wildman–Crippen MR) is 185 cm³/mol. The first-order chi connectivity index (χ1) is 23.8. The maximum atomic E-state index is 14.7. The first kappa shape index (κ1) is 35.3. The molecule has 1 aliphatic carbocycles. The van der Waals surface area contributed by atoms with E-state index in [0.717, 1.165) is 37.0 Å². The number of carbonyl (C=O) groups is 4. The van der Waals surface area contributed by atoms with E-state index in [9.17, 15) is 28.7 Å². The summed E-state index contributed by atoms with van der Waals surface area (Å²) >= 11 is 0. The van der Waals surface area contributed by atoms with Gasteiger partial charge in [-0.1, -0.05) is 12.8 Å². The van der Waals surface area contributed by atoms with Crippen LogP contribution < -0.4 is 9.64 Å². The highest BCUT2D eigenvalue weighted by atomic mass is 19.1. The largest absolute Gasteiger partial charge is 0.488 e. The van der Waals surface area contributed by atoms with Gasteiger partial charge >= 0.3 is 12.2 Å². The number of carbonyl (C=O) groups excluding carboxylic acids is 3. The fourth-order valence-electron chi connectivity index (χ4n) is 7.35.